The Bertz CT molecular complexity index is 760. The summed E-state index contributed by atoms with van der Waals surface area (Å²) in [5.41, 5.74) is 11.1. The highest BCUT2D eigenvalue weighted by Crippen LogP contribution is 2.21. The molecule has 1 fully saturated rings. The molecule has 0 bridgehead atoms. The van der Waals surface area contributed by atoms with Gasteiger partial charge in [0.15, 0.2) is 0 Å². The highest BCUT2D eigenvalue weighted by atomic mass is 16.2. The van der Waals surface area contributed by atoms with Crippen molar-refractivity contribution in [2.45, 2.75) is 161 Å². The zero-order chi connectivity index (χ0) is 30.5. The molecule has 0 aromatic rings. The largest absolute Gasteiger partial charge is 0.368 e. The Balaban J connectivity index is 2.47. The molecule has 0 aliphatic carbocycles. The van der Waals surface area contributed by atoms with Crippen molar-refractivity contribution >= 4 is 23.6 Å². The SMILES string of the molecule is CCCCCCCCCCCCCCCC(=O)N[C@@H](CCCCN)C(=O)N1CCC[C@H]1C(=O)N[C@H](C(N)=O)C(C)C. The van der Waals surface area contributed by atoms with Crippen molar-refractivity contribution in [3.8, 4) is 0 Å². The number of primary amides is 1. The summed E-state index contributed by atoms with van der Waals surface area (Å²) in [4.78, 5) is 52.7. The van der Waals surface area contributed by atoms with Crippen LogP contribution in [-0.4, -0.2) is 59.7 Å². The van der Waals surface area contributed by atoms with E-state index in [1.54, 1.807) is 4.90 Å². The van der Waals surface area contributed by atoms with Gasteiger partial charge < -0.3 is 27.0 Å². The first-order chi connectivity index (χ1) is 19.7. The number of hydrogen-bond donors (Lipinski definition) is 4. The molecule has 1 saturated heterocycles. The third kappa shape index (κ3) is 15.6. The van der Waals surface area contributed by atoms with Gasteiger partial charge >= 0.3 is 0 Å². The van der Waals surface area contributed by atoms with Gasteiger partial charge in [-0.25, -0.2) is 0 Å². The zero-order valence-corrected chi connectivity index (χ0v) is 26.4. The molecule has 0 unspecified atom stereocenters. The van der Waals surface area contributed by atoms with E-state index < -0.39 is 24.0 Å². The monoisotopic (exact) mass is 579 g/mol. The first kappa shape index (κ1) is 36.9. The fourth-order valence-corrected chi connectivity index (χ4v) is 5.64. The number of amides is 4. The Hall–Kier alpha value is -2.16. The maximum absolute atomic E-state index is 13.5. The van der Waals surface area contributed by atoms with Crippen LogP contribution < -0.4 is 22.1 Å². The Morgan fingerprint density at radius 1 is 0.805 bits per heavy atom. The third-order valence-electron chi connectivity index (χ3n) is 8.20. The van der Waals surface area contributed by atoms with Crippen LogP contribution in [0, 0.1) is 5.92 Å². The van der Waals surface area contributed by atoms with Gasteiger partial charge in [-0.3, -0.25) is 19.2 Å². The molecule has 6 N–H and O–H groups in total. The average molecular weight is 580 g/mol. The third-order valence-corrected chi connectivity index (χ3v) is 8.20. The van der Waals surface area contributed by atoms with E-state index in [0.717, 1.165) is 25.7 Å². The minimum absolute atomic E-state index is 0.118. The maximum atomic E-state index is 13.5. The summed E-state index contributed by atoms with van der Waals surface area (Å²) in [6, 6.07) is -2.14. The van der Waals surface area contributed by atoms with Gasteiger partial charge in [0.25, 0.3) is 0 Å². The van der Waals surface area contributed by atoms with E-state index in [1.807, 2.05) is 13.8 Å². The van der Waals surface area contributed by atoms with Gasteiger partial charge in [0, 0.05) is 13.0 Å². The zero-order valence-electron chi connectivity index (χ0n) is 26.4. The number of unbranched alkanes of at least 4 members (excludes halogenated alkanes) is 13. The van der Waals surface area contributed by atoms with E-state index in [2.05, 4.69) is 17.6 Å². The van der Waals surface area contributed by atoms with Crippen LogP contribution in [0.5, 0.6) is 0 Å². The number of nitrogens with two attached hydrogens (primary N) is 2. The first-order valence-electron chi connectivity index (χ1n) is 16.6. The fourth-order valence-electron chi connectivity index (χ4n) is 5.64. The van der Waals surface area contributed by atoms with Crippen LogP contribution in [0.1, 0.15) is 143 Å². The van der Waals surface area contributed by atoms with Crippen molar-refractivity contribution in [3.05, 3.63) is 0 Å². The van der Waals surface area contributed by atoms with Gasteiger partial charge in [-0.05, 0) is 51.0 Å². The molecule has 9 nitrogen and oxygen atoms in total. The summed E-state index contributed by atoms with van der Waals surface area (Å²) in [5.74, 6) is -1.47. The molecule has 4 amide bonds. The lowest BCUT2D eigenvalue weighted by Gasteiger charge is -2.30. The Labute approximate surface area is 249 Å². The van der Waals surface area contributed by atoms with E-state index in [1.165, 1.54) is 64.2 Å². The van der Waals surface area contributed by atoms with Crippen molar-refractivity contribution in [3.63, 3.8) is 0 Å². The van der Waals surface area contributed by atoms with E-state index in [4.69, 9.17) is 11.5 Å². The standard InChI is InChI=1S/C32H61N5O4/c1-4-5-6-7-8-9-10-11-12-13-14-15-16-22-28(38)35-26(20-17-18-23-33)32(41)37-24-19-21-27(37)31(40)36-29(25(2)3)30(34)39/h25-27,29H,4-24,33H2,1-3H3,(H2,34,39)(H,35,38)(H,36,40)/t26-,27-,29-/m0/s1. The first-order valence-corrected chi connectivity index (χ1v) is 16.6. The fraction of sp³-hybridized carbons (Fsp3) is 0.875. The highest BCUT2D eigenvalue weighted by molar-refractivity contribution is 5.94. The number of nitrogens with zero attached hydrogens (tertiary/aromatic N) is 1. The van der Waals surface area contributed by atoms with Crippen LogP contribution in [0.2, 0.25) is 0 Å². The number of nitrogens with one attached hydrogen (secondary N) is 2. The second-order valence-corrected chi connectivity index (χ2v) is 12.2. The second-order valence-electron chi connectivity index (χ2n) is 12.2. The van der Waals surface area contributed by atoms with Crippen LogP contribution in [0.15, 0.2) is 0 Å². The summed E-state index contributed by atoms with van der Waals surface area (Å²) in [5, 5.41) is 5.69. The summed E-state index contributed by atoms with van der Waals surface area (Å²) >= 11 is 0. The van der Waals surface area contributed by atoms with E-state index >= 15 is 0 Å². The Morgan fingerprint density at radius 3 is 1.88 bits per heavy atom. The summed E-state index contributed by atoms with van der Waals surface area (Å²) in [6.07, 6.45) is 19.8. The van der Waals surface area contributed by atoms with Crippen molar-refractivity contribution in [2.24, 2.45) is 17.4 Å². The molecule has 1 rings (SSSR count). The van der Waals surface area contributed by atoms with Gasteiger partial charge in [-0.2, -0.15) is 0 Å². The van der Waals surface area contributed by atoms with Crippen molar-refractivity contribution in [1.82, 2.24) is 15.5 Å². The number of rotatable bonds is 24. The van der Waals surface area contributed by atoms with Crippen LogP contribution in [0.3, 0.4) is 0 Å². The normalized spacial score (nSPS) is 16.5. The summed E-state index contributed by atoms with van der Waals surface area (Å²) in [6.45, 7) is 6.84. The number of carbonyl (C=O) groups is 4. The van der Waals surface area contributed by atoms with Crippen molar-refractivity contribution in [2.75, 3.05) is 13.1 Å². The van der Waals surface area contributed by atoms with Gasteiger partial charge in [-0.1, -0.05) is 97.8 Å². The molecule has 41 heavy (non-hydrogen) atoms. The summed E-state index contributed by atoms with van der Waals surface area (Å²) < 4.78 is 0. The topological polar surface area (TPSA) is 148 Å². The molecular weight excluding hydrogens is 518 g/mol. The molecule has 0 spiro atoms. The molecule has 1 aliphatic rings. The Morgan fingerprint density at radius 2 is 1.37 bits per heavy atom. The molecule has 3 atom stereocenters. The van der Waals surface area contributed by atoms with Gasteiger partial charge in [0.2, 0.25) is 23.6 Å². The molecule has 1 heterocycles. The maximum Gasteiger partial charge on any atom is 0.245 e. The molecule has 1 aliphatic heterocycles. The highest BCUT2D eigenvalue weighted by Gasteiger charge is 2.38. The van der Waals surface area contributed by atoms with Crippen LogP contribution >= 0.6 is 0 Å². The summed E-state index contributed by atoms with van der Waals surface area (Å²) in [7, 11) is 0. The minimum Gasteiger partial charge on any atom is -0.368 e. The van der Waals surface area contributed by atoms with E-state index in [9.17, 15) is 19.2 Å². The lowest BCUT2D eigenvalue weighted by atomic mass is 10.0. The van der Waals surface area contributed by atoms with E-state index in [-0.39, 0.29) is 23.6 Å². The van der Waals surface area contributed by atoms with Gasteiger partial charge in [-0.15, -0.1) is 0 Å². The molecule has 0 aromatic heterocycles. The number of carbonyl (C=O) groups excluding carboxylic acids is 4. The average Bonchev–Trinajstić information content (AvgIpc) is 3.43. The van der Waals surface area contributed by atoms with Crippen molar-refractivity contribution in [1.29, 1.82) is 0 Å². The minimum atomic E-state index is -0.791. The number of likely N-dealkylation sites (tertiary alicyclic amines) is 1. The van der Waals surface area contributed by atoms with Gasteiger partial charge in [0.1, 0.15) is 18.1 Å². The molecular formula is C32H61N5O4. The molecule has 0 radical (unpaired) electrons. The quantitative estimate of drug-likeness (QED) is 0.122. The van der Waals surface area contributed by atoms with E-state index in [0.29, 0.717) is 45.2 Å². The molecule has 9 heteroatoms. The lowest BCUT2D eigenvalue weighted by molar-refractivity contribution is -0.142. The Kier molecular flexibility index (Phi) is 20.2. The van der Waals surface area contributed by atoms with Crippen molar-refractivity contribution < 1.29 is 19.2 Å². The van der Waals surface area contributed by atoms with Crippen LogP contribution in [0.25, 0.3) is 0 Å². The predicted octanol–water partition coefficient (Wildman–Crippen LogP) is 4.70. The molecule has 0 aromatic carbocycles. The smallest absolute Gasteiger partial charge is 0.245 e. The lowest BCUT2D eigenvalue weighted by Crippen LogP contribution is -2.56. The van der Waals surface area contributed by atoms with Gasteiger partial charge in [0.05, 0.1) is 0 Å². The molecule has 238 valence electrons. The van der Waals surface area contributed by atoms with Crippen LogP contribution in [0.4, 0.5) is 0 Å². The molecule has 0 saturated carbocycles. The predicted molar refractivity (Wildman–Crippen MR) is 166 cm³/mol. The number of hydrogen-bond acceptors (Lipinski definition) is 5. The second kappa shape index (κ2) is 22.4. The van der Waals surface area contributed by atoms with Crippen LogP contribution in [-0.2, 0) is 19.2 Å².